The summed E-state index contributed by atoms with van der Waals surface area (Å²) < 4.78 is 0. The highest BCUT2D eigenvalue weighted by molar-refractivity contribution is 5.83. The van der Waals surface area contributed by atoms with Gasteiger partial charge in [-0.05, 0) is 12.8 Å². The maximum absolute atomic E-state index is 12.5. The van der Waals surface area contributed by atoms with E-state index < -0.39 is 24.1 Å². The molecule has 1 aliphatic rings. The minimum Gasteiger partial charge on any atom is -0.480 e. The number of aliphatic hydroxyl groups excluding tert-OH is 2. The third-order valence-corrected chi connectivity index (χ3v) is 3.78. The molecule has 0 aliphatic carbocycles. The highest BCUT2D eigenvalue weighted by Crippen LogP contribution is 2.22. The van der Waals surface area contributed by atoms with E-state index in [4.69, 9.17) is 10.2 Å². The summed E-state index contributed by atoms with van der Waals surface area (Å²) in [6.45, 7) is 3.91. The van der Waals surface area contributed by atoms with Crippen LogP contribution < -0.4 is 0 Å². The Kier molecular flexibility index (Phi) is 6.22. The van der Waals surface area contributed by atoms with Crippen molar-refractivity contribution >= 4 is 12.0 Å². The van der Waals surface area contributed by atoms with Crippen LogP contribution in [0.1, 0.15) is 33.1 Å². The molecule has 0 radical (unpaired) electrons. The van der Waals surface area contributed by atoms with Crippen molar-refractivity contribution in [3.8, 4) is 0 Å². The average Bonchev–Trinajstić information content (AvgIpc) is 2.80. The molecule has 7 heteroatoms. The molecule has 0 unspecified atom stereocenters. The Morgan fingerprint density at radius 1 is 1.35 bits per heavy atom. The smallest absolute Gasteiger partial charge is 0.326 e. The number of aliphatic hydroxyl groups is 2. The van der Waals surface area contributed by atoms with E-state index in [9.17, 15) is 14.7 Å². The van der Waals surface area contributed by atoms with Crippen molar-refractivity contribution in [1.29, 1.82) is 0 Å². The van der Waals surface area contributed by atoms with Crippen molar-refractivity contribution in [2.75, 3.05) is 19.7 Å². The molecule has 1 aliphatic heterocycles. The van der Waals surface area contributed by atoms with Gasteiger partial charge in [0.2, 0.25) is 0 Å². The maximum atomic E-state index is 12.5. The first kappa shape index (κ1) is 16.7. The number of rotatable bonds is 6. The van der Waals surface area contributed by atoms with E-state index in [-0.39, 0.29) is 32.2 Å². The zero-order chi connectivity index (χ0) is 15.3. The summed E-state index contributed by atoms with van der Waals surface area (Å²) >= 11 is 0. The van der Waals surface area contributed by atoms with E-state index in [1.807, 2.05) is 13.8 Å². The molecule has 1 saturated heterocycles. The van der Waals surface area contributed by atoms with Crippen LogP contribution in [0.15, 0.2) is 0 Å². The highest BCUT2D eigenvalue weighted by atomic mass is 16.4. The first-order chi connectivity index (χ1) is 9.46. The SMILES string of the molecule is CCC(CC)N(CCO)C(=O)N1C[C@H](O)C[C@H]1C(=O)O. The van der Waals surface area contributed by atoms with Gasteiger partial charge in [-0.15, -0.1) is 0 Å². The monoisotopic (exact) mass is 288 g/mol. The van der Waals surface area contributed by atoms with Crippen molar-refractivity contribution < 1.29 is 24.9 Å². The summed E-state index contributed by atoms with van der Waals surface area (Å²) in [4.78, 5) is 26.4. The predicted molar refractivity (Wildman–Crippen MR) is 72.3 cm³/mol. The van der Waals surface area contributed by atoms with Gasteiger partial charge in [0.05, 0.1) is 12.7 Å². The molecule has 2 amide bonds. The first-order valence-electron chi connectivity index (χ1n) is 7.05. The molecule has 0 saturated carbocycles. The number of likely N-dealkylation sites (tertiary alicyclic amines) is 1. The van der Waals surface area contributed by atoms with Crippen LogP contribution in [0, 0.1) is 0 Å². The minimum atomic E-state index is -1.11. The molecule has 0 bridgehead atoms. The second-order valence-electron chi connectivity index (χ2n) is 5.07. The molecular formula is C13H24N2O5. The van der Waals surface area contributed by atoms with Crippen molar-refractivity contribution in [2.45, 2.75) is 51.3 Å². The van der Waals surface area contributed by atoms with Crippen molar-refractivity contribution in [3.05, 3.63) is 0 Å². The summed E-state index contributed by atoms with van der Waals surface area (Å²) in [5.41, 5.74) is 0. The normalized spacial score (nSPS) is 22.4. The number of nitrogens with zero attached hydrogens (tertiary/aromatic N) is 2. The van der Waals surface area contributed by atoms with Gasteiger partial charge < -0.3 is 25.1 Å². The second-order valence-corrected chi connectivity index (χ2v) is 5.07. The van der Waals surface area contributed by atoms with Crippen molar-refractivity contribution in [3.63, 3.8) is 0 Å². The predicted octanol–water partition coefficient (Wildman–Crippen LogP) is 0.109. The van der Waals surface area contributed by atoms with E-state index in [2.05, 4.69) is 0 Å². The average molecular weight is 288 g/mol. The molecule has 3 N–H and O–H groups in total. The summed E-state index contributed by atoms with van der Waals surface area (Å²) in [5.74, 6) is -1.11. The standard InChI is InChI=1S/C13H24N2O5/c1-3-9(4-2)14(5-6-16)13(20)15-8-10(17)7-11(15)12(18)19/h9-11,16-17H,3-8H2,1-2H3,(H,18,19)/t10-,11+/m1/s1. The molecule has 1 rings (SSSR count). The first-order valence-corrected chi connectivity index (χ1v) is 7.05. The van der Waals surface area contributed by atoms with Crippen LogP contribution in [0.5, 0.6) is 0 Å². The molecule has 7 nitrogen and oxygen atoms in total. The lowest BCUT2D eigenvalue weighted by Crippen LogP contribution is -2.52. The van der Waals surface area contributed by atoms with Crippen LogP contribution in [0.25, 0.3) is 0 Å². The van der Waals surface area contributed by atoms with Gasteiger partial charge in [0.25, 0.3) is 0 Å². The second kappa shape index (κ2) is 7.44. The summed E-state index contributed by atoms with van der Waals surface area (Å²) in [6, 6.07) is -1.45. The van der Waals surface area contributed by atoms with Gasteiger partial charge in [0, 0.05) is 25.6 Å². The fraction of sp³-hybridized carbons (Fsp3) is 0.846. The Morgan fingerprint density at radius 2 is 1.95 bits per heavy atom. The van der Waals surface area contributed by atoms with E-state index in [1.165, 1.54) is 9.80 Å². The molecule has 2 atom stereocenters. The van der Waals surface area contributed by atoms with Gasteiger partial charge in [-0.25, -0.2) is 9.59 Å². The van der Waals surface area contributed by atoms with Crippen LogP contribution in [0.2, 0.25) is 0 Å². The number of carboxylic acids is 1. The zero-order valence-corrected chi connectivity index (χ0v) is 12.0. The van der Waals surface area contributed by atoms with E-state index in [0.29, 0.717) is 0 Å². The van der Waals surface area contributed by atoms with Gasteiger partial charge in [-0.3, -0.25) is 0 Å². The molecule has 0 aromatic heterocycles. The van der Waals surface area contributed by atoms with Gasteiger partial charge in [0.15, 0.2) is 0 Å². The number of aliphatic carboxylic acids is 1. The fourth-order valence-corrected chi connectivity index (χ4v) is 2.70. The Hall–Kier alpha value is -1.34. The highest BCUT2D eigenvalue weighted by Gasteiger charge is 2.41. The molecule has 0 aromatic carbocycles. The third-order valence-electron chi connectivity index (χ3n) is 3.78. The summed E-state index contributed by atoms with van der Waals surface area (Å²) in [5, 5.41) is 27.9. The molecule has 20 heavy (non-hydrogen) atoms. The zero-order valence-electron chi connectivity index (χ0n) is 12.0. The van der Waals surface area contributed by atoms with Gasteiger partial charge in [0.1, 0.15) is 6.04 Å². The lowest BCUT2D eigenvalue weighted by Gasteiger charge is -2.35. The topological polar surface area (TPSA) is 101 Å². The number of urea groups is 1. The Balaban J connectivity index is 2.90. The lowest BCUT2D eigenvalue weighted by atomic mass is 10.1. The molecule has 0 aromatic rings. The van der Waals surface area contributed by atoms with Crippen LogP contribution in [-0.2, 0) is 4.79 Å². The van der Waals surface area contributed by atoms with Crippen LogP contribution in [0.3, 0.4) is 0 Å². The Bertz CT molecular complexity index is 346. The number of amides is 2. The minimum absolute atomic E-state index is 0.0257. The van der Waals surface area contributed by atoms with Crippen molar-refractivity contribution in [2.24, 2.45) is 0 Å². The third kappa shape index (κ3) is 3.61. The molecule has 116 valence electrons. The van der Waals surface area contributed by atoms with Gasteiger partial charge >= 0.3 is 12.0 Å². The molecule has 0 spiro atoms. The number of carbonyl (C=O) groups is 2. The van der Waals surface area contributed by atoms with Crippen LogP contribution in [0.4, 0.5) is 4.79 Å². The number of carbonyl (C=O) groups excluding carboxylic acids is 1. The van der Waals surface area contributed by atoms with Crippen LogP contribution >= 0.6 is 0 Å². The quantitative estimate of drug-likeness (QED) is 0.644. The molecule has 1 heterocycles. The van der Waals surface area contributed by atoms with E-state index in [1.54, 1.807) is 0 Å². The number of hydrogen-bond acceptors (Lipinski definition) is 4. The Morgan fingerprint density at radius 3 is 2.40 bits per heavy atom. The van der Waals surface area contributed by atoms with Crippen LogP contribution in [-0.4, -0.2) is 75.0 Å². The van der Waals surface area contributed by atoms with Crippen molar-refractivity contribution in [1.82, 2.24) is 9.80 Å². The number of hydrogen-bond donors (Lipinski definition) is 3. The summed E-state index contributed by atoms with van der Waals surface area (Å²) in [6.07, 6.45) is 0.710. The fourth-order valence-electron chi connectivity index (χ4n) is 2.70. The van der Waals surface area contributed by atoms with E-state index >= 15 is 0 Å². The lowest BCUT2D eigenvalue weighted by molar-refractivity contribution is -0.141. The Labute approximate surface area is 118 Å². The van der Waals surface area contributed by atoms with Gasteiger partial charge in [-0.1, -0.05) is 13.8 Å². The molecular weight excluding hydrogens is 264 g/mol. The number of β-amino-alcohol motifs (C(OH)–C–C–N with tert-alkyl or cyclic N) is 1. The largest absolute Gasteiger partial charge is 0.480 e. The number of carboxylic acid groups (broad SMARTS) is 1. The molecule has 1 fully saturated rings. The summed E-state index contributed by atoms with van der Waals surface area (Å²) in [7, 11) is 0. The maximum Gasteiger partial charge on any atom is 0.326 e. The van der Waals surface area contributed by atoms with Gasteiger partial charge in [-0.2, -0.15) is 0 Å². The van der Waals surface area contributed by atoms with E-state index in [0.717, 1.165) is 12.8 Å².